The number of benzene rings is 2. The molecule has 3 N–H and O–H groups in total. The number of rotatable bonds is 3. The van der Waals surface area contributed by atoms with Gasteiger partial charge in [0, 0.05) is 17.3 Å². The fourth-order valence-electron chi connectivity index (χ4n) is 2.97. The second-order valence-electron chi connectivity index (χ2n) is 5.75. The molecule has 0 aliphatic carbocycles. The topological polar surface area (TPSA) is 104 Å². The molecule has 0 unspecified atom stereocenters. The largest absolute Gasteiger partial charge is 0.388 e. The van der Waals surface area contributed by atoms with Gasteiger partial charge < -0.3 is 19.6 Å². The highest BCUT2D eigenvalue weighted by atomic mass is 16.5. The lowest BCUT2D eigenvalue weighted by atomic mass is 10.1. The van der Waals surface area contributed by atoms with Crippen molar-refractivity contribution in [2.45, 2.75) is 6.61 Å². The zero-order valence-corrected chi connectivity index (χ0v) is 13.0. The van der Waals surface area contributed by atoms with Crippen LogP contribution in [0.5, 0.6) is 0 Å². The summed E-state index contributed by atoms with van der Waals surface area (Å²) in [6, 6.07) is 13.6. The molecule has 0 atom stereocenters. The highest BCUT2D eigenvalue weighted by molar-refractivity contribution is 5.90. The SMILES string of the molecule is OCc1nc2c(-c3nc(-c4ccc5cc[nH]c5c4)no3)cccc2[nH]1. The van der Waals surface area contributed by atoms with Gasteiger partial charge in [-0.05, 0) is 29.7 Å². The van der Waals surface area contributed by atoms with Gasteiger partial charge in [-0.2, -0.15) is 4.98 Å². The Balaban J connectivity index is 1.61. The Kier molecular flexibility index (Phi) is 2.95. The van der Waals surface area contributed by atoms with Crippen LogP contribution in [0.3, 0.4) is 0 Å². The number of H-pyrrole nitrogens is 2. The van der Waals surface area contributed by atoms with Crippen molar-refractivity contribution in [2.75, 3.05) is 0 Å². The van der Waals surface area contributed by atoms with Crippen molar-refractivity contribution in [2.24, 2.45) is 0 Å². The Morgan fingerprint density at radius 1 is 1.04 bits per heavy atom. The summed E-state index contributed by atoms with van der Waals surface area (Å²) in [4.78, 5) is 15.1. The molecular formula is C18H13N5O2. The van der Waals surface area contributed by atoms with Gasteiger partial charge in [0.15, 0.2) is 0 Å². The highest BCUT2D eigenvalue weighted by Crippen LogP contribution is 2.28. The second-order valence-corrected chi connectivity index (χ2v) is 5.75. The van der Waals surface area contributed by atoms with Crippen LogP contribution in [0.1, 0.15) is 5.82 Å². The van der Waals surface area contributed by atoms with Gasteiger partial charge in [0.2, 0.25) is 5.82 Å². The van der Waals surface area contributed by atoms with Crippen LogP contribution in [0, 0.1) is 0 Å². The number of hydrogen-bond donors (Lipinski definition) is 3. The summed E-state index contributed by atoms with van der Waals surface area (Å²) in [6.07, 6.45) is 1.90. The quantitative estimate of drug-likeness (QED) is 0.471. The molecule has 25 heavy (non-hydrogen) atoms. The lowest BCUT2D eigenvalue weighted by molar-refractivity contribution is 0.273. The monoisotopic (exact) mass is 331 g/mol. The van der Waals surface area contributed by atoms with Gasteiger partial charge in [-0.15, -0.1) is 0 Å². The maximum atomic E-state index is 9.27. The minimum atomic E-state index is -0.153. The van der Waals surface area contributed by atoms with Crippen molar-refractivity contribution in [3.05, 3.63) is 54.5 Å². The lowest BCUT2D eigenvalue weighted by Gasteiger charge is -1.96. The molecule has 0 spiro atoms. The molecule has 0 bridgehead atoms. The van der Waals surface area contributed by atoms with E-state index in [1.807, 2.05) is 48.7 Å². The van der Waals surface area contributed by atoms with Crippen molar-refractivity contribution in [3.8, 4) is 22.8 Å². The molecule has 2 aromatic carbocycles. The van der Waals surface area contributed by atoms with Gasteiger partial charge in [0.25, 0.3) is 5.89 Å². The van der Waals surface area contributed by atoms with E-state index in [0.717, 1.165) is 27.5 Å². The molecule has 5 aromatic rings. The number of hydrogen-bond acceptors (Lipinski definition) is 5. The van der Waals surface area contributed by atoms with Gasteiger partial charge in [-0.1, -0.05) is 23.4 Å². The molecule has 3 aromatic heterocycles. The summed E-state index contributed by atoms with van der Waals surface area (Å²) in [5.74, 6) is 1.41. The molecule has 0 aliphatic rings. The number of nitrogens with zero attached hydrogens (tertiary/aromatic N) is 3. The first kappa shape index (κ1) is 13.9. The number of aliphatic hydroxyl groups excluding tert-OH is 1. The maximum Gasteiger partial charge on any atom is 0.260 e. The molecule has 7 heteroatoms. The zero-order valence-electron chi connectivity index (χ0n) is 13.0. The summed E-state index contributed by atoms with van der Waals surface area (Å²) < 4.78 is 5.46. The van der Waals surface area contributed by atoms with E-state index in [1.54, 1.807) is 0 Å². The second kappa shape index (κ2) is 5.29. The van der Waals surface area contributed by atoms with Crippen molar-refractivity contribution in [1.29, 1.82) is 0 Å². The Bertz CT molecular complexity index is 1200. The predicted molar refractivity (Wildman–Crippen MR) is 92.6 cm³/mol. The van der Waals surface area contributed by atoms with E-state index >= 15 is 0 Å². The summed E-state index contributed by atoms with van der Waals surface area (Å²) in [6.45, 7) is -0.153. The molecular weight excluding hydrogens is 318 g/mol. The van der Waals surface area contributed by atoms with Crippen LogP contribution < -0.4 is 0 Å². The van der Waals surface area contributed by atoms with Crippen LogP contribution in [0.25, 0.3) is 44.8 Å². The normalized spacial score (nSPS) is 11.6. The van der Waals surface area contributed by atoms with Gasteiger partial charge in [-0.3, -0.25) is 0 Å². The predicted octanol–water partition coefficient (Wildman–Crippen LogP) is 3.25. The number of imidazole rings is 1. The van der Waals surface area contributed by atoms with Crippen LogP contribution in [0.15, 0.2) is 53.2 Å². The minimum absolute atomic E-state index is 0.153. The molecule has 5 rings (SSSR count). The minimum Gasteiger partial charge on any atom is -0.388 e. The molecule has 0 aliphatic heterocycles. The smallest absolute Gasteiger partial charge is 0.260 e. The molecule has 0 fully saturated rings. The summed E-state index contributed by atoms with van der Waals surface area (Å²) in [5.41, 5.74) is 4.13. The van der Waals surface area contributed by atoms with Crippen LogP contribution >= 0.6 is 0 Å². The van der Waals surface area contributed by atoms with Crippen LogP contribution in [-0.4, -0.2) is 30.2 Å². The number of aromatic amines is 2. The highest BCUT2D eigenvalue weighted by Gasteiger charge is 2.16. The first-order chi connectivity index (χ1) is 12.3. The molecule has 122 valence electrons. The standard InChI is InChI=1S/C18H13N5O2/c24-9-15-20-13-3-1-2-12(16(13)21-15)18-22-17(23-25-18)11-5-4-10-6-7-19-14(10)8-11/h1-8,19,24H,9H2,(H,20,21). The van der Waals surface area contributed by atoms with Crippen LogP contribution in [0.4, 0.5) is 0 Å². The Morgan fingerprint density at radius 2 is 2.00 bits per heavy atom. The molecule has 0 amide bonds. The van der Waals surface area contributed by atoms with E-state index in [2.05, 4.69) is 25.1 Å². The molecule has 0 saturated carbocycles. The number of para-hydroxylation sites is 1. The molecule has 7 nitrogen and oxygen atoms in total. The van der Waals surface area contributed by atoms with Crippen molar-refractivity contribution in [3.63, 3.8) is 0 Å². The average molecular weight is 331 g/mol. The zero-order chi connectivity index (χ0) is 16.8. The summed E-state index contributed by atoms with van der Waals surface area (Å²) >= 11 is 0. The molecule has 0 radical (unpaired) electrons. The Labute approximate surface area is 141 Å². The average Bonchev–Trinajstić information content (AvgIpc) is 3.37. The number of nitrogens with one attached hydrogen (secondary N) is 2. The van der Waals surface area contributed by atoms with Gasteiger partial charge in [0.05, 0.1) is 11.1 Å². The van der Waals surface area contributed by atoms with E-state index in [9.17, 15) is 5.11 Å². The number of aromatic nitrogens is 5. The third kappa shape index (κ3) is 2.21. The van der Waals surface area contributed by atoms with E-state index in [-0.39, 0.29) is 6.61 Å². The lowest BCUT2D eigenvalue weighted by Crippen LogP contribution is -1.84. The summed E-state index contributed by atoms with van der Waals surface area (Å²) in [7, 11) is 0. The van der Waals surface area contributed by atoms with Crippen molar-refractivity contribution in [1.82, 2.24) is 25.1 Å². The van der Waals surface area contributed by atoms with Gasteiger partial charge >= 0.3 is 0 Å². The number of fused-ring (bicyclic) bond motifs is 2. The number of aliphatic hydroxyl groups is 1. The van der Waals surface area contributed by atoms with E-state index in [4.69, 9.17) is 4.52 Å². The van der Waals surface area contributed by atoms with Gasteiger partial charge in [0.1, 0.15) is 17.9 Å². The van der Waals surface area contributed by atoms with E-state index in [1.165, 1.54) is 0 Å². The molecule has 3 heterocycles. The van der Waals surface area contributed by atoms with E-state index < -0.39 is 0 Å². The fourth-order valence-corrected chi connectivity index (χ4v) is 2.97. The third-order valence-electron chi connectivity index (χ3n) is 4.18. The Morgan fingerprint density at radius 3 is 2.92 bits per heavy atom. The first-order valence-electron chi connectivity index (χ1n) is 7.82. The van der Waals surface area contributed by atoms with Crippen molar-refractivity contribution < 1.29 is 9.63 Å². The summed E-state index contributed by atoms with van der Waals surface area (Å²) in [5, 5.41) is 14.5. The van der Waals surface area contributed by atoms with Crippen LogP contribution in [-0.2, 0) is 6.61 Å². The third-order valence-corrected chi connectivity index (χ3v) is 4.18. The fraction of sp³-hybridized carbons (Fsp3) is 0.0556. The Hall–Kier alpha value is -3.45. The van der Waals surface area contributed by atoms with Gasteiger partial charge in [-0.25, -0.2) is 4.98 Å². The maximum absolute atomic E-state index is 9.27. The first-order valence-corrected chi connectivity index (χ1v) is 7.82. The van der Waals surface area contributed by atoms with Crippen molar-refractivity contribution >= 4 is 21.9 Å². The van der Waals surface area contributed by atoms with E-state index in [0.29, 0.717) is 23.1 Å². The van der Waals surface area contributed by atoms with Crippen LogP contribution in [0.2, 0.25) is 0 Å². The molecule has 0 saturated heterocycles.